The summed E-state index contributed by atoms with van der Waals surface area (Å²) in [5.41, 5.74) is 1.49. The summed E-state index contributed by atoms with van der Waals surface area (Å²) in [5, 5.41) is 11.3. The second-order valence-corrected chi connectivity index (χ2v) is 3.81. The van der Waals surface area contributed by atoms with Crippen LogP contribution in [0.1, 0.15) is 11.1 Å². The van der Waals surface area contributed by atoms with Gasteiger partial charge in [0.05, 0.1) is 18.2 Å². The van der Waals surface area contributed by atoms with Gasteiger partial charge in [-0.2, -0.15) is 5.26 Å². The highest BCUT2D eigenvalue weighted by Gasteiger charge is 2.23. The van der Waals surface area contributed by atoms with E-state index >= 15 is 0 Å². The van der Waals surface area contributed by atoms with Crippen molar-refractivity contribution in [3.8, 4) is 11.8 Å². The number of carbonyl (C=O) groups excluding carboxylic acids is 1. The fourth-order valence-electron chi connectivity index (χ4n) is 1.53. The highest BCUT2D eigenvalue weighted by atomic mass is 16.6. The molecular weight excluding hydrogens is 220 g/mol. The lowest BCUT2D eigenvalue weighted by molar-refractivity contribution is 0.104. The lowest BCUT2D eigenvalue weighted by Crippen LogP contribution is -2.22. The molecule has 1 atom stereocenters. The van der Waals surface area contributed by atoms with Crippen LogP contribution in [0.15, 0.2) is 18.2 Å². The number of carbonyl (C=O) groups is 1. The quantitative estimate of drug-likeness (QED) is 0.854. The molecule has 0 aromatic heterocycles. The van der Waals surface area contributed by atoms with Gasteiger partial charge in [0, 0.05) is 0 Å². The first-order chi connectivity index (χ1) is 8.19. The number of nitrogens with one attached hydrogen (secondary N) is 1. The Balaban J connectivity index is 1.99. The molecule has 88 valence electrons. The maximum absolute atomic E-state index is 10.8. The third-order valence-electron chi connectivity index (χ3n) is 2.49. The number of hydrogen-bond donors (Lipinski definition) is 1. The predicted molar refractivity (Wildman–Crippen MR) is 59.7 cm³/mol. The van der Waals surface area contributed by atoms with Gasteiger partial charge in [0.1, 0.15) is 12.4 Å². The number of amides is 1. The molecule has 1 N–H and O–H groups in total. The van der Waals surface area contributed by atoms with Gasteiger partial charge in [-0.3, -0.25) is 0 Å². The first-order valence-corrected chi connectivity index (χ1v) is 5.27. The molecule has 1 fully saturated rings. The highest BCUT2D eigenvalue weighted by Crippen LogP contribution is 2.19. The zero-order valence-corrected chi connectivity index (χ0v) is 9.40. The van der Waals surface area contributed by atoms with Gasteiger partial charge in [-0.05, 0) is 24.6 Å². The molecule has 1 aliphatic heterocycles. The summed E-state index contributed by atoms with van der Waals surface area (Å²) in [6.07, 6.45) is -0.686. The Morgan fingerprint density at radius 2 is 2.47 bits per heavy atom. The first kappa shape index (κ1) is 11.3. The van der Waals surface area contributed by atoms with E-state index in [4.69, 9.17) is 14.7 Å². The van der Waals surface area contributed by atoms with E-state index in [0.717, 1.165) is 5.56 Å². The third kappa shape index (κ3) is 2.67. The maximum atomic E-state index is 10.8. The summed E-state index contributed by atoms with van der Waals surface area (Å²) in [6, 6.07) is 7.29. The molecule has 1 saturated heterocycles. The van der Waals surface area contributed by atoms with Crippen LogP contribution in [0, 0.1) is 18.3 Å². The van der Waals surface area contributed by atoms with E-state index < -0.39 is 6.09 Å². The van der Waals surface area contributed by atoms with Crippen molar-refractivity contribution in [2.45, 2.75) is 13.0 Å². The van der Waals surface area contributed by atoms with Gasteiger partial charge in [-0.25, -0.2) is 4.79 Å². The molecule has 0 saturated carbocycles. The van der Waals surface area contributed by atoms with Crippen molar-refractivity contribution in [1.29, 1.82) is 5.26 Å². The SMILES string of the molecule is Cc1ccc(C#N)cc1OCC1CNC(=O)O1. The molecule has 0 spiro atoms. The van der Waals surface area contributed by atoms with Crippen LogP contribution in [0.25, 0.3) is 0 Å². The van der Waals surface area contributed by atoms with Crippen molar-refractivity contribution in [3.05, 3.63) is 29.3 Å². The van der Waals surface area contributed by atoms with Crippen LogP contribution in [-0.4, -0.2) is 25.3 Å². The van der Waals surface area contributed by atoms with E-state index in [1.807, 2.05) is 13.0 Å². The molecule has 1 aromatic rings. The number of nitrogens with zero attached hydrogens (tertiary/aromatic N) is 1. The van der Waals surface area contributed by atoms with Crippen molar-refractivity contribution in [3.63, 3.8) is 0 Å². The van der Waals surface area contributed by atoms with Crippen LogP contribution >= 0.6 is 0 Å². The molecule has 0 aliphatic carbocycles. The number of cyclic esters (lactones) is 1. The van der Waals surface area contributed by atoms with Crippen molar-refractivity contribution in [2.75, 3.05) is 13.2 Å². The van der Waals surface area contributed by atoms with Crippen LogP contribution in [0.5, 0.6) is 5.75 Å². The Morgan fingerprint density at radius 1 is 1.65 bits per heavy atom. The number of alkyl carbamates (subject to hydrolysis) is 1. The Bertz CT molecular complexity index is 479. The van der Waals surface area contributed by atoms with Gasteiger partial charge < -0.3 is 14.8 Å². The summed E-state index contributed by atoms with van der Waals surface area (Å²) in [7, 11) is 0. The number of benzene rings is 1. The largest absolute Gasteiger partial charge is 0.489 e. The molecule has 0 radical (unpaired) electrons. The standard InChI is InChI=1S/C12H12N2O3/c1-8-2-3-9(5-13)4-11(8)16-7-10-6-14-12(15)17-10/h2-4,10H,6-7H2,1H3,(H,14,15). The van der Waals surface area contributed by atoms with Gasteiger partial charge in [0.2, 0.25) is 0 Å². The average molecular weight is 232 g/mol. The van der Waals surface area contributed by atoms with E-state index in [1.54, 1.807) is 12.1 Å². The molecular formula is C12H12N2O3. The molecule has 1 unspecified atom stereocenters. The zero-order valence-electron chi connectivity index (χ0n) is 9.40. The van der Waals surface area contributed by atoms with E-state index in [9.17, 15) is 4.79 Å². The van der Waals surface area contributed by atoms with Gasteiger partial charge in [-0.1, -0.05) is 6.07 Å². The van der Waals surface area contributed by atoms with Crippen molar-refractivity contribution >= 4 is 6.09 Å². The Kier molecular flexibility index (Phi) is 3.15. The average Bonchev–Trinajstić information content (AvgIpc) is 2.74. The lowest BCUT2D eigenvalue weighted by atomic mass is 10.1. The minimum atomic E-state index is -0.416. The predicted octanol–water partition coefficient (Wildman–Crippen LogP) is 1.35. The molecule has 5 nitrogen and oxygen atoms in total. The minimum absolute atomic E-state index is 0.271. The number of aryl methyl sites for hydroxylation is 1. The molecule has 1 aliphatic rings. The van der Waals surface area contributed by atoms with Crippen LogP contribution in [0.4, 0.5) is 4.79 Å². The van der Waals surface area contributed by atoms with Crippen molar-refractivity contribution < 1.29 is 14.3 Å². The summed E-state index contributed by atoms with van der Waals surface area (Å²) in [4.78, 5) is 10.8. The summed E-state index contributed by atoms with van der Waals surface area (Å²) >= 11 is 0. The van der Waals surface area contributed by atoms with Crippen LogP contribution in [0.3, 0.4) is 0 Å². The van der Waals surface area contributed by atoms with Gasteiger partial charge in [0.25, 0.3) is 0 Å². The normalized spacial score (nSPS) is 18.1. The summed E-state index contributed by atoms with van der Waals surface area (Å²) in [5.74, 6) is 0.645. The molecule has 1 aromatic carbocycles. The molecule has 5 heteroatoms. The zero-order chi connectivity index (χ0) is 12.3. The number of hydrogen-bond acceptors (Lipinski definition) is 4. The van der Waals surface area contributed by atoms with E-state index in [1.165, 1.54) is 0 Å². The topological polar surface area (TPSA) is 71.3 Å². The van der Waals surface area contributed by atoms with E-state index in [-0.39, 0.29) is 12.7 Å². The molecule has 1 amide bonds. The van der Waals surface area contributed by atoms with Crippen molar-refractivity contribution in [2.24, 2.45) is 0 Å². The number of ether oxygens (including phenoxy) is 2. The van der Waals surface area contributed by atoms with Crippen LogP contribution < -0.4 is 10.1 Å². The molecule has 1 heterocycles. The van der Waals surface area contributed by atoms with Gasteiger partial charge in [-0.15, -0.1) is 0 Å². The van der Waals surface area contributed by atoms with Crippen LogP contribution in [-0.2, 0) is 4.74 Å². The highest BCUT2D eigenvalue weighted by molar-refractivity contribution is 5.69. The molecule has 2 rings (SSSR count). The monoisotopic (exact) mass is 232 g/mol. The summed E-state index contributed by atoms with van der Waals surface area (Å²) < 4.78 is 10.5. The summed E-state index contributed by atoms with van der Waals surface area (Å²) in [6.45, 7) is 2.64. The number of rotatable bonds is 3. The smallest absolute Gasteiger partial charge is 0.407 e. The Morgan fingerprint density at radius 3 is 3.12 bits per heavy atom. The first-order valence-electron chi connectivity index (χ1n) is 5.27. The Labute approximate surface area is 98.9 Å². The second kappa shape index (κ2) is 4.74. The lowest BCUT2D eigenvalue weighted by Gasteiger charge is -2.12. The molecule has 0 bridgehead atoms. The van der Waals surface area contributed by atoms with Crippen LogP contribution in [0.2, 0.25) is 0 Å². The van der Waals surface area contributed by atoms with Gasteiger partial charge >= 0.3 is 6.09 Å². The molecule has 17 heavy (non-hydrogen) atoms. The number of nitriles is 1. The third-order valence-corrected chi connectivity index (χ3v) is 2.49. The van der Waals surface area contributed by atoms with Gasteiger partial charge in [0.15, 0.2) is 6.10 Å². The van der Waals surface area contributed by atoms with Crippen molar-refractivity contribution in [1.82, 2.24) is 5.32 Å². The minimum Gasteiger partial charge on any atom is -0.489 e. The Hall–Kier alpha value is -2.22. The van der Waals surface area contributed by atoms with E-state index in [0.29, 0.717) is 17.9 Å². The van der Waals surface area contributed by atoms with E-state index in [2.05, 4.69) is 11.4 Å². The second-order valence-electron chi connectivity index (χ2n) is 3.81. The fraction of sp³-hybridized carbons (Fsp3) is 0.333. The maximum Gasteiger partial charge on any atom is 0.407 e. The fourth-order valence-corrected chi connectivity index (χ4v) is 1.53.